The van der Waals surface area contributed by atoms with Gasteiger partial charge in [0.2, 0.25) is 5.91 Å². The van der Waals surface area contributed by atoms with Crippen LogP contribution in [-0.2, 0) is 11.2 Å². The van der Waals surface area contributed by atoms with Gasteiger partial charge < -0.3 is 15.3 Å². The second-order valence-electron chi connectivity index (χ2n) is 9.36. The first-order valence-corrected chi connectivity index (χ1v) is 10.6. The lowest BCUT2D eigenvalue weighted by molar-refractivity contribution is -0.135. The first kappa shape index (κ1) is 20.3. The molecule has 0 bridgehead atoms. The van der Waals surface area contributed by atoms with Crippen molar-refractivity contribution in [1.82, 2.24) is 10.2 Å². The minimum absolute atomic E-state index is 0.0473. The van der Waals surface area contributed by atoms with Gasteiger partial charge in [-0.15, -0.1) is 0 Å². The van der Waals surface area contributed by atoms with Crippen LogP contribution in [0.3, 0.4) is 0 Å². The van der Waals surface area contributed by atoms with Gasteiger partial charge in [-0.2, -0.15) is 0 Å². The van der Waals surface area contributed by atoms with Crippen LogP contribution >= 0.6 is 0 Å². The molecular formula is C23H36N2O2. The van der Waals surface area contributed by atoms with Gasteiger partial charge in [0, 0.05) is 12.6 Å². The summed E-state index contributed by atoms with van der Waals surface area (Å²) in [5, 5.41) is 13.0. The topological polar surface area (TPSA) is 52.6 Å². The quantitative estimate of drug-likeness (QED) is 0.829. The predicted molar refractivity (Wildman–Crippen MR) is 110 cm³/mol. The van der Waals surface area contributed by atoms with Crippen LogP contribution in [0, 0.1) is 11.3 Å². The number of benzene rings is 1. The Balaban J connectivity index is 1.77. The van der Waals surface area contributed by atoms with Gasteiger partial charge in [-0.3, -0.25) is 4.79 Å². The molecule has 1 heterocycles. The highest BCUT2D eigenvalue weighted by atomic mass is 16.3. The van der Waals surface area contributed by atoms with E-state index in [1.165, 1.54) is 43.2 Å². The fourth-order valence-corrected chi connectivity index (χ4v) is 4.79. The van der Waals surface area contributed by atoms with Gasteiger partial charge in [0.1, 0.15) is 0 Å². The van der Waals surface area contributed by atoms with Crippen LogP contribution in [0.2, 0.25) is 0 Å². The zero-order valence-electron chi connectivity index (χ0n) is 17.2. The number of aliphatic hydroxyl groups is 1. The van der Waals surface area contributed by atoms with Crippen molar-refractivity contribution < 1.29 is 9.90 Å². The van der Waals surface area contributed by atoms with E-state index in [4.69, 9.17) is 0 Å². The average Bonchev–Trinajstić information content (AvgIpc) is 2.67. The number of nitrogens with one attached hydrogen (secondary N) is 1. The summed E-state index contributed by atoms with van der Waals surface area (Å²) >= 11 is 0. The van der Waals surface area contributed by atoms with E-state index in [1.807, 2.05) is 0 Å². The summed E-state index contributed by atoms with van der Waals surface area (Å²) in [5.74, 6) is 0.739. The monoisotopic (exact) mass is 372 g/mol. The average molecular weight is 373 g/mol. The van der Waals surface area contributed by atoms with Gasteiger partial charge >= 0.3 is 0 Å². The molecule has 1 amide bonds. The Labute approximate surface area is 164 Å². The molecule has 1 aliphatic heterocycles. The third-order valence-electron chi connectivity index (χ3n) is 6.48. The van der Waals surface area contributed by atoms with E-state index in [-0.39, 0.29) is 30.0 Å². The third-order valence-corrected chi connectivity index (χ3v) is 6.48. The Morgan fingerprint density at radius 2 is 1.93 bits per heavy atom. The number of aliphatic hydroxyl groups excluding tert-OH is 1. The molecule has 0 radical (unpaired) electrons. The summed E-state index contributed by atoms with van der Waals surface area (Å²) in [6.07, 6.45) is 7.26. The largest absolute Gasteiger partial charge is 0.395 e. The summed E-state index contributed by atoms with van der Waals surface area (Å²) in [5.41, 5.74) is 2.69. The van der Waals surface area contributed by atoms with E-state index in [0.29, 0.717) is 12.5 Å². The van der Waals surface area contributed by atoms with E-state index in [2.05, 4.69) is 55.3 Å². The van der Waals surface area contributed by atoms with Gasteiger partial charge in [0.15, 0.2) is 0 Å². The molecule has 1 unspecified atom stereocenters. The summed E-state index contributed by atoms with van der Waals surface area (Å²) in [4.78, 5) is 15.3. The van der Waals surface area contributed by atoms with E-state index in [1.54, 1.807) is 0 Å². The van der Waals surface area contributed by atoms with Gasteiger partial charge in [0.25, 0.3) is 0 Å². The van der Waals surface area contributed by atoms with E-state index < -0.39 is 0 Å². The molecule has 150 valence electrons. The van der Waals surface area contributed by atoms with Crippen LogP contribution < -0.4 is 5.32 Å². The Bertz CT molecular complexity index is 632. The smallest absolute Gasteiger partial charge is 0.237 e. The number of hydrogen-bond donors (Lipinski definition) is 2. The molecule has 0 spiro atoms. The van der Waals surface area contributed by atoms with Crippen LogP contribution in [0.4, 0.5) is 0 Å². The molecule has 0 saturated heterocycles. The van der Waals surface area contributed by atoms with Crippen molar-refractivity contribution in [3.05, 3.63) is 35.4 Å². The van der Waals surface area contributed by atoms with Crippen LogP contribution in [-0.4, -0.2) is 41.7 Å². The zero-order valence-corrected chi connectivity index (χ0v) is 17.2. The zero-order chi connectivity index (χ0) is 19.4. The van der Waals surface area contributed by atoms with Crippen molar-refractivity contribution in [2.24, 2.45) is 11.3 Å². The maximum absolute atomic E-state index is 13.2. The normalized spacial score (nSPS) is 22.4. The highest BCUT2D eigenvalue weighted by Crippen LogP contribution is 2.41. The summed E-state index contributed by atoms with van der Waals surface area (Å²) in [6, 6.07) is 8.82. The number of carbonyl (C=O) groups is 1. The highest BCUT2D eigenvalue weighted by Gasteiger charge is 2.36. The highest BCUT2D eigenvalue weighted by molar-refractivity contribution is 5.79. The Morgan fingerprint density at radius 3 is 2.59 bits per heavy atom. The van der Waals surface area contributed by atoms with Crippen LogP contribution in [0.15, 0.2) is 24.3 Å². The molecule has 2 aliphatic rings. The van der Waals surface area contributed by atoms with Gasteiger partial charge in [-0.05, 0) is 41.7 Å². The van der Waals surface area contributed by atoms with Crippen molar-refractivity contribution in [3.8, 4) is 0 Å². The maximum Gasteiger partial charge on any atom is 0.237 e. The SMILES string of the molecule is CC(C)(C)[C@@H](CO)NCC(=O)N1CCc2ccccc2C1C1CCCCC1. The third kappa shape index (κ3) is 4.72. The van der Waals surface area contributed by atoms with Crippen molar-refractivity contribution >= 4 is 5.91 Å². The lowest BCUT2D eigenvalue weighted by atomic mass is 9.77. The first-order valence-electron chi connectivity index (χ1n) is 10.6. The molecule has 2 atom stereocenters. The fraction of sp³-hybridized carbons (Fsp3) is 0.696. The minimum atomic E-state index is -0.0772. The number of rotatable bonds is 5. The molecule has 4 nitrogen and oxygen atoms in total. The molecular weight excluding hydrogens is 336 g/mol. The number of hydrogen-bond acceptors (Lipinski definition) is 3. The van der Waals surface area contributed by atoms with E-state index in [0.717, 1.165) is 13.0 Å². The lowest BCUT2D eigenvalue weighted by Gasteiger charge is -2.43. The maximum atomic E-state index is 13.2. The fourth-order valence-electron chi connectivity index (χ4n) is 4.79. The number of carbonyl (C=O) groups excluding carboxylic acids is 1. The molecule has 1 aromatic rings. The number of amides is 1. The van der Waals surface area contributed by atoms with Crippen molar-refractivity contribution in [1.29, 1.82) is 0 Å². The first-order chi connectivity index (χ1) is 12.9. The Morgan fingerprint density at radius 1 is 1.22 bits per heavy atom. The van der Waals surface area contributed by atoms with E-state index in [9.17, 15) is 9.90 Å². The molecule has 3 rings (SSSR count). The second-order valence-corrected chi connectivity index (χ2v) is 9.36. The van der Waals surface area contributed by atoms with Crippen LogP contribution in [0.5, 0.6) is 0 Å². The summed E-state index contributed by atoms with van der Waals surface area (Å²) in [6.45, 7) is 7.42. The standard InChI is InChI=1S/C23H36N2O2/c1-23(2,3)20(16-26)24-15-21(27)25-14-13-17-9-7-8-12-19(17)22(25)18-10-5-4-6-11-18/h7-9,12,18,20,22,24,26H,4-6,10-11,13-16H2,1-3H3/t20-,22?/m1/s1. The van der Waals surface area contributed by atoms with Crippen molar-refractivity contribution in [2.45, 2.75) is 71.4 Å². The Hall–Kier alpha value is -1.39. The van der Waals surface area contributed by atoms with Gasteiger partial charge in [0.05, 0.1) is 19.2 Å². The Kier molecular flexibility index (Phi) is 6.59. The summed E-state index contributed by atoms with van der Waals surface area (Å²) in [7, 11) is 0. The molecule has 1 fully saturated rings. The molecule has 1 aromatic carbocycles. The summed E-state index contributed by atoms with van der Waals surface area (Å²) < 4.78 is 0. The second kappa shape index (κ2) is 8.74. The van der Waals surface area contributed by atoms with Crippen LogP contribution in [0.25, 0.3) is 0 Å². The molecule has 2 N–H and O–H groups in total. The predicted octanol–water partition coefficient (Wildman–Crippen LogP) is 3.69. The van der Waals surface area contributed by atoms with Gasteiger partial charge in [-0.1, -0.05) is 64.3 Å². The number of nitrogens with zero attached hydrogens (tertiary/aromatic N) is 1. The minimum Gasteiger partial charge on any atom is -0.395 e. The van der Waals surface area contributed by atoms with Crippen molar-refractivity contribution in [3.63, 3.8) is 0 Å². The molecule has 27 heavy (non-hydrogen) atoms. The molecule has 0 aromatic heterocycles. The molecule has 1 saturated carbocycles. The van der Waals surface area contributed by atoms with E-state index >= 15 is 0 Å². The number of fused-ring (bicyclic) bond motifs is 1. The molecule has 4 heteroatoms. The lowest BCUT2D eigenvalue weighted by Crippen LogP contribution is -2.51. The van der Waals surface area contributed by atoms with Gasteiger partial charge in [-0.25, -0.2) is 0 Å². The van der Waals surface area contributed by atoms with Crippen molar-refractivity contribution in [2.75, 3.05) is 19.7 Å². The molecule has 1 aliphatic carbocycles. The van der Waals surface area contributed by atoms with Crippen LogP contribution in [0.1, 0.15) is 70.0 Å².